The first-order valence-electron chi connectivity index (χ1n) is 3.72. The largest absolute Gasteiger partial charge is 0.480 e. The van der Waals surface area contributed by atoms with Crippen LogP contribution in [0.4, 0.5) is 0 Å². The molecule has 0 saturated heterocycles. The summed E-state index contributed by atoms with van der Waals surface area (Å²) in [5.41, 5.74) is 5.35. The molecule has 0 radical (unpaired) electrons. The van der Waals surface area contributed by atoms with Crippen LogP contribution in [0.3, 0.4) is 0 Å². The van der Waals surface area contributed by atoms with Crippen LogP contribution in [-0.2, 0) is 9.53 Å². The summed E-state index contributed by atoms with van der Waals surface area (Å²) in [6.45, 7) is 0. The molecule has 0 spiro atoms. The summed E-state index contributed by atoms with van der Waals surface area (Å²) in [5.74, 6) is -1.61. The van der Waals surface area contributed by atoms with E-state index in [1.807, 2.05) is 0 Å². The van der Waals surface area contributed by atoms with Crippen LogP contribution in [0.1, 0.15) is 20.6 Å². The highest BCUT2D eigenvalue weighted by Gasteiger charge is 2.18. The van der Waals surface area contributed by atoms with Crippen LogP contribution in [0.15, 0.2) is 12.1 Å². The molecule has 3 N–H and O–H groups in total. The highest BCUT2D eigenvalue weighted by atomic mass is 32.1. The zero-order valence-electron chi connectivity index (χ0n) is 7.39. The first-order chi connectivity index (χ1) is 6.56. The van der Waals surface area contributed by atoms with Gasteiger partial charge >= 0.3 is 11.9 Å². The smallest absolute Gasteiger partial charge is 0.348 e. The Morgan fingerprint density at radius 3 is 2.71 bits per heavy atom. The summed E-state index contributed by atoms with van der Waals surface area (Å²) >= 11 is 1.02. The van der Waals surface area contributed by atoms with Crippen molar-refractivity contribution in [1.29, 1.82) is 0 Å². The third-order valence-corrected chi connectivity index (χ3v) is 2.73. The molecule has 1 heterocycles. The number of aliphatic carboxylic acids is 1. The van der Waals surface area contributed by atoms with Gasteiger partial charge in [-0.05, 0) is 12.1 Å². The molecule has 5 nitrogen and oxygen atoms in total. The van der Waals surface area contributed by atoms with E-state index in [4.69, 9.17) is 10.8 Å². The second kappa shape index (κ2) is 4.21. The molecule has 1 unspecified atom stereocenters. The van der Waals surface area contributed by atoms with Crippen LogP contribution in [0.5, 0.6) is 0 Å². The van der Waals surface area contributed by atoms with E-state index in [9.17, 15) is 9.59 Å². The number of carboxylic acid groups (broad SMARTS) is 1. The number of carboxylic acids is 1. The predicted octanol–water partition coefficient (Wildman–Crippen LogP) is 0.619. The number of methoxy groups -OCH3 is 1. The van der Waals surface area contributed by atoms with Crippen LogP contribution in [0, 0.1) is 0 Å². The zero-order valence-corrected chi connectivity index (χ0v) is 8.21. The van der Waals surface area contributed by atoms with Crippen molar-refractivity contribution in [2.45, 2.75) is 6.04 Å². The molecule has 1 aromatic rings. The van der Waals surface area contributed by atoms with Gasteiger partial charge in [0.25, 0.3) is 0 Å². The topological polar surface area (TPSA) is 89.6 Å². The van der Waals surface area contributed by atoms with Crippen molar-refractivity contribution in [2.75, 3.05) is 7.11 Å². The molecule has 0 aliphatic carbocycles. The SMILES string of the molecule is COC(=O)c1ccc(C(N)C(=O)O)s1. The number of carbonyl (C=O) groups excluding carboxylic acids is 1. The van der Waals surface area contributed by atoms with Crippen LogP contribution in [-0.4, -0.2) is 24.2 Å². The fourth-order valence-electron chi connectivity index (χ4n) is 0.852. The van der Waals surface area contributed by atoms with E-state index >= 15 is 0 Å². The average Bonchev–Trinajstić information content (AvgIpc) is 2.64. The van der Waals surface area contributed by atoms with Gasteiger partial charge in [0.2, 0.25) is 0 Å². The van der Waals surface area contributed by atoms with Gasteiger partial charge < -0.3 is 15.6 Å². The van der Waals surface area contributed by atoms with Gasteiger partial charge in [0, 0.05) is 4.88 Å². The van der Waals surface area contributed by atoms with Crippen molar-refractivity contribution in [1.82, 2.24) is 0 Å². The van der Waals surface area contributed by atoms with Crippen LogP contribution >= 0.6 is 11.3 Å². The summed E-state index contributed by atoms with van der Waals surface area (Å²) in [7, 11) is 1.26. The minimum Gasteiger partial charge on any atom is -0.480 e. The lowest BCUT2D eigenvalue weighted by Gasteiger charge is -2.00. The minimum atomic E-state index is -1.12. The Labute approximate surface area is 84.1 Å². The maximum absolute atomic E-state index is 11.0. The fourth-order valence-corrected chi connectivity index (χ4v) is 1.77. The second-order valence-electron chi connectivity index (χ2n) is 2.51. The first-order valence-corrected chi connectivity index (χ1v) is 4.54. The molecule has 0 bridgehead atoms. The van der Waals surface area contributed by atoms with Gasteiger partial charge in [-0.15, -0.1) is 11.3 Å². The molecule has 0 aliphatic heterocycles. The third-order valence-electron chi connectivity index (χ3n) is 1.59. The second-order valence-corrected chi connectivity index (χ2v) is 3.62. The van der Waals surface area contributed by atoms with E-state index in [1.54, 1.807) is 0 Å². The Kier molecular flexibility index (Phi) is 3.21. The number of carbonyl (C=O) groups is 2. The van der Waals surface area contributed by atoms with Gasteiger partial charge in [-0.2, -0.15) is 0 Å². The molecule has 0 amide bonds. The molecule has 6 heteroatoms. The Balaban J connectivity index is 2.88. The fraction of sp³-hybridized carbons (Fsp3) is 0.250. The predicted molar refractivity (Wildman–Crippen MR) is 50.2 cm³/mol. The normalized spacial score (nSPS) is 12.1. The Morgan fingerprint density at radius 2 is 2.21 bits per heavy atom. The zero-order chi connectivity index (χ0) is 10.7. The molecule has 0 saturated carbocycles. The van der Waals surface area contributed by atoms with E-state index in [0.29, 0.717) is 9.75 Å². The molecular weight excluding hydrogens is 206 g/mol. The number of nitrogens with two attached hydrogens (primary N) is 1. The molecule has 1 rings (SSSR count). The highest BCUT2D eigenvalue weighted by molar-refractivity contribution is 7.14. The molecule has 1 atom stereocenters. The van der Waals surface area contributed by atoms with E-state index < -0.39 is 18.0 Å². The lowest BCUT2D eigenvalue weighted by Crippen LogP contribution is -2.19. The summed E-state index contributed by atoms with van der Waals surface area (Å²) in [4.78, 5) is 22.3. The number of hydrogen-bond donors (Lipinski definition) is 2. The van der Waals surface area contributed by atoms with Crippen LogP contribution < -0.4 is 5.73 Å². The number of hydrogen-bond acceptors (Lipinski definition) is 5. The van der Waals surface area contributed by atoms with Gasteiger partial charge in [0.1, 0.15) is 10.9 Å². The van der Waals surface area contributed by atoms with Gasteiger partial charge in [0.15, 0.2) is 0 Å². The number of thiophene rings is 1. The molecule has 0 aliphatic rings. The van der Waals surface area contributed by atoms with Crippen molar-refractivity contribution in [3.8, 4) is 0 Å². The summed E-state index contributed by atoms with van der Waals surface area (Å²) in [5, 5.41) is 8.61. The van der Waals surface area contributed by atoms with Crippen LogP contribution in [0.2, 0.25) is 0 Å². The van der Waals surface area contributed by atoms with Crippen molar-refractivity contribution in [3.63, 3.8) is 0 Å². The van der Waals surface area contributed by atoms with Gasteiger partial charge in [0.05, 0.1) is 7.11 Å². The van der Waals surface area contributed by atoms with E-state index in [-0.39, 0.29) is 0 Å². The first kappa shape index (κ1) is 10.7. The summed E-state index contributed by atoms with van der Waals surface area (Å²) < 4.78 is 4.47. The molecular formula is C8H9NO4S. The Hall–Kier alpha value is -1.40. The maximum atomic E-state index is 11.0. The van der Waals surface area contributed by atoms with Crippen molar-refractivity contribution < 1.29 is 19.4 Å². The van der Waals surface area contributed by atoms with E-state index in [0.717, 1.165) is 11.3 Å². The lowest BCUT2D eigenvalue weighted by atomic mass is 10.2. The number of rotatable bonds is 3. The third kappa shape index (κ3) is 2.09. The monoisotopic (exact) mass is 215 g/mol. The van der Waals surface area contributed by atoms with Crippen molar-refractivity contribution >= 4 is 23.3 Å². The van der Waals surface area contributed by atoms with Crippen molar-refractivity contribution in [3.05, 3.63) is 21.9 Å². The van der Waals surface area contributed by atoms with E-state index in [2.05, 4.69) is 4.74 Å². The number of esters is 1. The highest BCUT2D eigenvalue weighted by Crippen LogP contribution is 2.22. The lowest BCUT2D eigenvalue weighted by molar-refractivity contribution is -0.138. The summed E-state index contributed by atoms with van der Waals surface area (Å²) in [6, 6.07) is 1.92. The van der Waals surface area contributed by atoms with Gasteiger partial charge in [-0.3, -0.25) is 4.79 Å². The van der Waals surface area contributed by atoms with Crippen molar-refractivity contribution in [2.24, 2.45) is 5.73 Å². The number of ether oxygens (including phenoxy) is 1. The van der Waals surface area contributed by atoms with E-state index in [1.165, 1.54) is 19.2 Å². The molecule has 76 valence electrons. The Morgan fingerprint density at radius 1 is 1.57 bits per heavy atom. The van der Waals surface area contributed by atoms with Gasteiger partial charge in [-0.1, -0.05) is 0 Å². The minimum absolute atomic E-state index is 0.346. The summed E-state index contributed by atoms with van der Waals surface area (Å²) in [6.07, 6.45) is 0. The molecule has 14 heavy (non-hydrogen) atoms. The standard InChI is InChI=1S/C8H9NO4S/c1-13-8(12)5-3-2-4(14-5)6(9)7(10)11/h2-3,6H,9H2,1H3,(H,10,11). The molecule has 0 aromatic carbocycles. The molecule has 1 aromatic heterocycles. The quantitative estimate of drug-likeness (QED) is 0.721. The maximum Gasteiger partial charge on any atom is 0.348 e. The Bertz CT molecular complexity index is 360. The van der Waals surface area contributed by atoms with Crippen LogP contribution in [0.25, 0.3) is 0 Å². The van der Waals surface area contributed by atoms with Gasteiger partial charge in [-0.25, -0.2) is 4.79 Å². The molecule has 0 fully saturated rings. The average molecular weight is 215 g/mol.